The number of sulfonamides is 1. The summed E-state index contributed by atoms with van der Waals surface area (Å²) in [6, 6.07) is 8.59. The fraction of sp³-hybridized carbons (Fsp3) is 0.125. The maximum Gasteiger partial charge on any atom is 0.417 e. The van der Waals surface area contributed by atoms with Crippen LogP contribution >= 0.6 is 0 Å². The number of carbonyl (C=O) groups is 1. The normalized spacial score (nSPS) is 16.7. The molecule has 0 fully saturated rings. The fourth-order valence-electron chi connectivity index (χ4n) is 2.58. The summed E-state index contributed by atoms with van der Waals surface area (Å²) in [7, 11) is -3.93. The number of anilines is 2. The van der Waals surface area contributed by atoms with E-state index >= 15 is 0 Å². The summed E-state index contributed by atoms with van der Waals surface area (Å²) in [5, 5.41) is 2.65. The minimum atomic E-state index is -3.93. The third kappa shape index (κ3) is 2.80. The van der Waals surface area contributed by atoms with Crippen molar-refractivity contribution in [2.75, 3.05) is 10.0 Å². The van der Waals surface area contributed by atoms with Gasteiger partial charge in [0.15, 0.2) is 11.7 Å². The molecule has 1 atom stereocenters. The third-order valence-corrected chi connectivity index (χ3v) is 5.24. The SMILES string of the molecule is CC1Oc2ccc(NS(=O)(=O)c3ccc4[nH]c(=O)oc4c3)cc2NC1=O. The Hall–Kier alpha value is -3.27. The second-order valence-electron chi connectivity index (χ2n) is 5.74. The monoisotopic (exact) mass is 375 g/mol. The van der Waals surface area contributed by atoms with Gasteiger partial charge in [0.2, 0.25) is 0 Å². The molecule has 0 radical (unpaired) electrons. The van der Waals surface area contributed by atoms with Crippen molar-refractivity contribution in [2.45, 2.75) is 17.9 Å². The van der Waals surface area contributed by atoms with Crippen molar-refractivity contribution in [3.63, 3.8) is 0 Å². The number of hydrogen-bond acceptors (Lipinski definition) is 6. The molecule has 1 aromatic heterocycles. The van der Waals surface area contributed by atoms with Crippen LogP contribution in [0, 0.1) is 0 Å². The number of aromatic nitrogens is 1. The van der Waals surface area contributed by atoms with E-state index in [2.05, 4.69) is 15.0 Å². The number of fused-ring (bicyclic) bond motifs is 2. The Morgan fingerprint density at radius 1 is 1.12 bits per heavy atom. The van der Waals surface area contributed by atoms with Gasteiger partial charge in [0.1, 0.15) is 5.75 Å². The van der Waals surface area contributed by atoms with Crippen LogP contribution in [-0.4, -0.2) is 25.4 Å². The summed E-state index contributed by atoms with van der Waals surface area (Å²) >= 11 is 0. The molecule has 10 heteroatoms. The van der Waals surface area contributed by atoms with Crippen molar-refractivity contribution in [1.29, 1.82) is 0 Å². The molecule has 26 heavy (non-hydrogen) atoms. The standard InChI is InChI=1S/C16H13N3O6S/c1-8-15(20)17-12-6-9(2-5-13(12)24-8)19-26(22,23)10-3-4-11-14(7-10)25-16(21)18-11/h2-8,19H,1H3,(H,17,20)(H,18,21). The largest absolute Gasteiger partial charge is 0.479 e. The number of hydrogen-bond donors (Lipinski definition) is 3. The molecule has 9 nitrogen and oxygen atoms in total. The van der Waals surface area contributed by atoms with E-state index in [-0.39, 0.29) is 22.1 Å². The summed E-state index contributed by atoms with van der Waals surface area (Å²) in [6.45, 7) is 1.62. The number of ether oxygens (including phenoxy) is 1. The third-order valence-electron chi connectivity index (χ3n) is 3.87. The molecule has 134 valence electrons. The van der Waals surface area contributed by atoms with Gasteiger partial charge in [0.25, 0.3) is 15.9 Å². The van der Waals surface area contributed by atoms with Gasteiger partial charge < -0.3 is 14.5 Å². The molecule has 0 spiro atoms. The zero-order valence-corrected chi connectivity index (χ0v) is 14.2. The van der Waals surface area contributed by atoms with Gasteiger partial charge >= 0.3 is 5.76 Å². The number of H-pyrrole nitrogens is 1. The molecule has 0 saturated carbocycles. The van der Waals surface area contributed by atoms with Crippen molar-refractivity contribution in [3.05, 3.63) is 46.9 Å². The lowest BCUT2D eigenvalue weighted by atomic mass is 10.2. The number of amides is 1. The van der Waals surface area contributed by atoms with Crippen molar-refractivity contribution in [1.82, 2.24) is 4.98 Å². The Morgan fingerprint density at radius 3 is 2.73 bits per heavy atom. The van der Waals surface area contributed by atoms with E-state index in [0.29, 0.717) is 17.0 Å². The zero-order chi connectivity index (χ0) is 18.5. The molecule has 1 aliphatic heterocycles. The predicted octanol–water partition coefficient (Wildman–Crippen LogP) is 1.64. The van der Waals surface area contributed by atoms with Gasteiger partial charge in [-0.05, 0) is 37.3 Å². The molecular weight excluding hydrogens is 362 g/mol. The highest BCUT2D eigenvalue weighted by atomic mass is 32.2. The first-order valence-corrected chi connectivity index (χ1v) is 9.07. The van der Waals surface area contributed by atoms with E-state index in [1.165, 1.54) is 30.3 Å². The smallest absolute Gasteiger partial charge is 0.417 e. The summed E-state index contributed by atoms with van der Waals surface area (Å²) in [5.41, 5.74) is 1.16. The maximum atomic E-state index is 12.6. The Balaban J connectivity index is 1.66. The van der Waals surface area contributed by atoms with Crippen LogP contribution in [0.5, 0.6) is 5.75 Å². The van der Waals surface area contributed by atoms with Gasteiger partial charge in [0, 0.05) is 6.07 Å². The maximum absolute atomic E-state index is 12.6. The zero-order valence-electron chi connectivity index (χ0n) is 13.4. The second kappa shape index (κ2) is 5.63. The molecule has 1 amide bonds. The summed E-state index contributed by atoms with van der Waals surface area (Å²) in [4.78, 5) is 25.2. The van der Waals surface area contributed by atoms with Crippen LogP contribution in [0.2, 0.25) is 0 Å². The molecule has 2 heterocycles. The molecule has 1 aliphatic rings. The Labute approximate surface area is 147 Å². The van der Waals surface area contributed by atoms with E-state index in [0.717, 1.165) is 0 Å². The fourth-order valence-corrected chi connectivity index (χ4v) is 3.64. The Kier molecular flexibility index (Phi) is 3.51. The highest BCUT2D eigenvalue weighted by Crippen LogP contribution is 2.33. The van der Waals surface area contributed by atoms with Crippen LogP contribution in [0.15, 0.2) is 50.5 Å². The number of aromatic amines is 1. The number of oxazole rings is 1. The van der Waals surface area contributed by atoms with Gasteiger partial charge in [-0.2, -0.15) is 0 Å². The van der Waals surface area contributed by atoms with Crippen LogP contribution in [0.1, 0.15) is 6.92 Å². The van der Waals surface area contributed by atoms with E-state index in [9.17, 15) is 18.0 Å². The molecule has 3 aromatic rings. The lowest BCUT2D eigenvalue weighted by Crippen LogP contribution is -2.34. The summed E-state index contributed by atoms with van der Waals surface area (Å²) < 4.78 is 37.9. The van der Waals surface area contributed by atoms with Crippen molar-refractivity contribution < 1.29 is 22.4 Å². The first-order chi connectivity index (χ1) is 12.3. The molecule has 0 aliphatic carbocycles. The molecule has 2 aromatic carbocycles. The lowest BCUT2D eigenvalue weighted by molar-refractivity contribution is -0.122. The molecule has 4 rings (SSSR count). The van der Waals surface area contributed by atoms with Crippen LogP contribution in [0.4, 0.5) is 11.4 Å². The highest BCUT2D eigenvalue weighted by Gasteiger charge is 2.24. The van der Waals surface area contributed by atoms with Gasteiger partial charge in [0.05, 0.1) is 21.8 Å². The topological polar surface area (TPSA) is 130 Å². The average Bonchev–Trinajstić information content (AvgIpc) is 2.95. The summed E-state index contributed by atoms with van der Waals surface area (Å²) in [6.07, 6.45) is -0.618. The first kappa shape index (κ1) is 16.2. The Bertz CT molecular complexity index is 1190. The molecule has 0 saturated heterocycles. The van der Waals surface area contributed by atoms with Crippen molar-refractivity contribution in [2.24, 2.45) is 0 Å². The minimum Gasteiger partial charge on any atom is -0.479 e. The first-order valence-electron chi connectivity index (χ1n) is 7.59. The van der Waals surface area contributed by atoms with Gasteiger partial charge in [-0.25, -0.2) is 13.2 Å². The molecule has 3 N–H and O–H groups in total. The molecule has 1 unspecified atom stereocenters. The van der Waals surface area contributed by atoms with E-state index in [1.807, 2.05) is 0 Å². The van der Waals surface area contributed by atoms with Crippen LogP contribution < -0.4 is 20.5 Å². The van der Waals surface area contributed by atoms with E-state index < -0.39 is 21.9 Å². The number of benzene rings is 2. The second-order valence-corrected chi connectivity index (χ2v) is 7.42. The van der Waals surface area contributed by atoms with E-state index in [4.69, 9.17) is 9.15 Å². The average molecular weight is 375 g/mol. The highest BCUT2D eigenvalue weighted by molar-refractivity contribution is 7.92. The summed E-state index contributed by atoms with van der Waals surface area (Å²) in [5.74, 6) is -0.525. The predicted molar refractivity (Wildman–Crippen MR) is 92.8 cm³/mol. The number of rotatable bonds is 3. The molecular formula is C16H13N3O6S. The lowest BCUT2D eigenvalue weighted by Gasteiger charge is -2.23. The van der Waals surface area contributed by atoms with Crippen molar-refractivity contribution >= 4 is 38.4 Å². The van der Waals surface area contributed by atoms with Crippen LogP contribution in [0.25, 0.3) is 11.1 Å². The minimum absolute atomic E-state index is 0.0700. The number of nitrogens with one attached hydrogen (secondary N) is 3. The van der Waals surface area contributed by atoms with Gasteiger partial charge in [-0.1, -0.05) is 0 Å². The van der Waals surface area contributed by atoms with Crippen LogP contribution in [0.3, 0.4) is 0 Å². The van der Waals surface area contributed by atoms with E-state index in [1.54, 1.807) is 13.0 Å². The Morgan fingerprint density at radius 2 is 1.92 bits per heavy atom. The quantitative estimate of drug-likeness (QED) is 0.638. The molecule has 0 bridgehead atoms. The van der Waals surface area contributed by atoms with Crippen LogP contribution in [-0.2, 0) is 14.8 Å². The van der Waals surface area contributed by atoms with Gasteiger partial charge in [-0.15, -0.1) is 0 Å². The van der Waals surface area contributed by atoms with Gasteiger partial charge in [-0.3, -0.25) is 14.5 Å². The number of carbonyl (C=O) groups excluding carboxylic acids is 1. The van der Waals surface area contributed by atoms with Crippen molar-refractivity contribution in [3.8, 4) is 5.75 Å².